The molecule has 0 bridgehead atoms. The van der Waals surface area contributed by atoms with Crippen molar-refractivity contribution in [1.82, 2.24) is 5.32 Å². The number of hydrogen-bond acceptors (Lipinski definition) is 3. The highest BCUT2D eigenvalue weighted by Crippen LogP contribution is 2.16. The van der Waals surface area contributed by atoms with E-state index in [1.54, 1.807) is 0 Å². The molecule has 0 spiro atoms. The molecule has 0 saturated carbocycles. The summed E-state index contributed by atoms with van der Waals surface area (Å²) in [7, 11) is 0. The van der Waals surface area contributed by atoms with E-state index in [0.717, 1.165) is 5.56 Å². The SMILES string of the molecule is CC(C)C(C)CNC(=O)c1sccc1C#CCCO. The third-order valence-electron chi connectivity index (χ3n) is 3.05. The van der Waals surface area contributed by atoms with Crippen molar-refractivity contribution in [2.24, 2.45) is 11.8 Å². The highest BCUT2D eigenvalue weighted by atomic mass is 32.1. The molecular weight excluding hydrogens is 258 g/mol. The predicted octanol–water partition coefficient (Wildman–Crippen LogP) is 2.50. The monoisotopic (exact) mass is 279 g/mol. The van der Waals surface area contributed by atoms with Crippen LogP contribution in [0.25, 0.3) is 0 Å². The Hall–Kier alpha value is -1.31. The Morgan fingerprint density at radius 3 is 2.84 bits per heavy atom. The van der Waals surface area contributed by atoms with Crippen LogP contribution in [-0.2, 0) is 0 Å². The summed E-state index contributed by atoms with van der Waals surface area (Å²) in [5, 5.41) is 13.5. The lowest BCUT2D eigenvalue weighted by Gasteiger charge is -2.15. The molecule has 1 aromatic rings. The Morgan fingerprint density at radius 2 is 2.21 bits per heavy atom. The van der Waals surface area contributed by atoms with Gasteiger partial charge in [-0.25, -0.2) is 0 Å². The van der Waals surface area contributed by atoms with Crippen LogP contribution in [0.1, 0.15) is 42.4 Å². The molecule has 0 saturated heterocycles. The van der Waals surface area contributed by atoms with Crippen molar-refractivity contribution in [2.75, 3.05) is 13.2 Å². The first kappa shape index (κ1) is 15.7. The van der Waals surface area contributed by atoms with Gasteiger partial charge >= 0.3 is 0 Å². The molecule has 0 fully saturated rings. The number of aliphatic hydroxyl groups excluding tert-OH is 1. The largest absolute Gasteiger partial charge is 0.395 e. The van der Waals surface area contributed by atoms with Crippen molar-refractivity contribution < 1.29 is 9.90 Å². The average molecular weight is 279 g/mol. The lowest BCUT2D eigenvalue weighted by Crippen LogP contribution is -2.30. The fraction of sp³-hybridized carbons (Fsp3) is 0.533. The van der Waals surface area contributed by atoms with E-state index < -0.39 is 0 Å². The smallest absolute Gasteiger partial charge is 0.262 e. The molecule has 0 aliphatic rings. The molecule has 1 atom stereocenters. The van der Waals surface area contributed by atoms with Gasteiger partial charge in [0.25, 0.3) is 5.91 Å². The number of thiophene rings is 1. The minimum Gasteiger partial charge on any atom is -0.395 e. The van der Waals surface area contributed by atoms with Gasteiger partial charge in [0.1, 0.15) is 4.88 Å². The van der Waals surface area contributed by atoms with Crippen molar-refractivity contribution in [3.63, 3.8) is 0 Å². The number of carbonyl (C=O) groups excluding carboxylic acids is 1. The van der Waals surface area contributed by atoms with Gasteiger partial charge in [0, 0.05) is 18.5 Å². The second-order valence-electron chi connectivity index (χ2n) is 4.87. The number of amides is 1. The first-order valence-electron chi connectivity index (χ1n) is 6.51. The summed E-state index contributed by atoms with van der Waals surface area (Å²) in [6, 6.07) is 1.84. The molecule has 1 heterocycles. The molecule has 1 aromatic heterocycles. The Balaban J connectivity index is 2.63. The number of nitrogens with one attached hydrogen (secondary N) is 1. The van der Waals surface area contributed by atoms with Crippen LogP contribution >= 0.6 is 11.3 Å². The molecule has 4 heteroatoms. The van der Waals surface area contributed by atoms with Crippen LogP contribution < -0.4 is 5.32 Å². The van der Waals surface area contributed by atoms with E-state index in [4.69, 9.17) is 5.11 Å². The van der Waals surface area contributed by atoms with E-state index in [1.165, 1.54) is 11.3 Å². The quantitative estimate of drug-likeness (QED) is 0.814. The molecule has 1 unspecified atom stereocenters. The van der Waals surface area contributed by atoms with Crippen molar-refractivity contribution in [1.29, 1.82) is 0 Å². The van der Waals surface area contributed by atoms with E-state index >= 15 is 0 Å². The van der Waals surface area contributed by atoms with Gasteiger partial charge in [0.05, 0.1) is 6.61 Å². The summed E-state index contributed by atoms with van der Waals surface area (Å²) in [6.45, 7) is 7.14. The first-order chi connectivity index (χ1) is 9.06. The maximum absolute atomic E-state index is 12.1. The number of rotatable bonds is 5. The lowest BCUT2D eigenvalue weighted by molar-refractivity contribution is 0.0949. The van der Waals surface area contributed by atoms with Gasteiger partial charge in [0.15, 0.2) is 0 Å². The normalized spacial score (nSPS) is 11.8. The fourth-order valence-electron chi connectivity index (χ4n) is 1.37. The zero-order valence-corrected chi connectivity index (χ0v) is 12.5. The molecule has 19 heavy (non-hydrogen) atoms. The van der Waals surface area contributed by atoms with Crippen LogP contribution in [0, 0.1) is 23.7 Å². The molecule has 0 aromatic carbocycles. The van der Waals surface area contributed by atoms with Crippen LogP contribution in [0.15, 0.2) is 11.4 Å². The second kappa shape index (κ2) is 7.98. The molecule has 1 rings (SSSR count). The van der Waals surface area contributed by atoms with Gasteiger partial charge in [-0.05, 0) is 23.3 Å². The van der Waals surface area contributed by atoms with Crippen LogP contribution in [0.5, 0.6) is 0 Å². The standard InChI is InChI=1S/C15H21NO2S/c1-11(2)12(3)10-16-15(18)14-13(7-9-19-14)6-4-5-8-17/h7,9,11-12,17H,5,8,10H2,1-3H3,(H,16,18). The lowest BCUT2D eigenvalue weighted by atomic mass is 9.98. The molecular formula is C15H21NO2S. The van der Waals surface area contributed by atoms with E-state index in [2.05, 4.69) is 37.9 Å². The molecule has 1 amide bonds. The van der Waals surface area contributed by atoms with E-state index in [9.17, 15) is 4.79 Å². The number of carbonyl (C=O) groups is 1. The Labute approximate surface area is 119 Å². The Kier molecular flexibility index (Phi) is 6.61. The van der Waals surface area contributed by atoms with E-state index in [-0.39, 0.29) is 12.5 Å². The molecule has 0 radical (unpaired) electrons. The molecule has 2 N–H and O–H groups in total. The highest BCUT2D eigenvalue weighted by molar-refractivity contribution is 7.12. The highest BCUT2D eigenvalue weighted by Gasteiger charge is 2.14. The molecule has 104 valence electrons. The first-order valence-corrected chi connectivity index (χ1v) is 7.39. The van der Waals surface area contributed by atoms with Gasteiger partial charge in [-0.1, -0.05) is 32.6 Å². The third kappa shape index (κ3) is 5.06. The minimum atomic E-state index is -0.0594. The molecule has 3 nitrogen and oxygen atoms in total. The van der Waals surface area contributed by atoms with Gasteiger partial charge in [-0.3, -0.25) is 4.79 Å². The fourth-order valence-corrected chi connectivity index (χ4v) is 2.13. The molecule has 0 aliphatic carbocycles. The van der Waals surface area contributed by atoms with E-state index in [0.29, 0.717) is 29.7 Å². The van der Waals surface area contributed by atoms with Gasteiger partial charge < -0.3 is 10.4 Å². The second-order valence-corrected chi connectivity index (χ2v) is 5.79. The van der Waals surface area contributed by atoms with Crippen LogP contribution in [0.4, 0.5) is 0 Å². The summed E-state index contributed by atoms with van der Waals surface area (Å²) in [6.07, 6.45) is 0.432. The van der Waals surface area contributed by atoms with Crippen molar-refractivity contribution in [2.45, 2.75) is 27.2 Å². The summed E-state index contributed by atoms with van der Waals surface area (Å²) in [4.78, 5) is 12.7. The molecule has 0 aliphatic heterocycles. The maximum Gasteiger partial charge on any atom is 0.262 e. The predicted molar refractivity (Wildman–Crippen MR) is 79.2 cm³/mol. The maximum atomic E-state index is 12.1. The van der Waals surface area contributed by atoms with Crippen molar-refractivity contribution in [3.05, 3.63) is 21.9 Å². The van der Waals surface area contributed by atoms with Crippen molar-refractivity contribution in [3.8, 4) is 11.8 Å². The zero-order valence-electron chi connectivity index (χ0n) is 11.7. The zero-order chi connectivity index (χ0) is 14.3. The summed E-state index contributed by atoms with van der Waals surface area (Å²) in [5.41, 5.74) is 0.744. The van der Waals surface area contributed by atoms with E-state index in [1.807, 2.05) is 11.4 Å². The van der Waals surface area contributed by atoms with Crippen molar-refractivity contribution >= 4 is 17.2 Å². The minimum absolute atomic E-state index is 0.0462. The third-order valence-corrected chi connectivity index (χ3v) is 3.97. The summed E-state index contributed by atoms with van der Waals surface area (Å²) >= 11 is 1.40. The Bertz CT molecular complexity index is 468. The van der Waals surface area contributed by atoms with Crippen LogP contribution in [-0.4, -0.2) is 24.2 Å². The summed E-state index contributed by atoms with van der Waals surface area (Å²) < 4.78 is 0. The van der Waals surface area contributed by atoms with Gasteiger partial charge in [-0.15, -0.1) is 11.3 Å². The number of hydrogen-bond donors (Lipinski definition) is 2. The average Bonchev–Trinajstić information content (AvgIpc) is 2.84. The van der Waals surface area contributed by atoms with Crippen LogP contribution in [0.2, 0.25) is 0 Å². The summed E-state index contributed by atoms with van der Waals surface area (Å²) in [5.74, 6) is 6.71. The number of aliphatic hydroxyl groups is 1. The topological polar surface area (TPSA) is 49.3 Å². The van der Waals surface area contributed by atoms with Gasteiger partial charge in [0.2, 0.25) is 0 Å². The Morgan fingerprint density at radius 1 is 1.47 bits per heavy atom. The van der Waals surface area contributed by atoms with Gasteiger partial charge in [-0.2, -0.15) is 0 Å². The van der Waals surface area contributed by atoms with Crippen LogP contribution in [0.3, 0.4) is 0 Å².